The average molecular weight is 333 g/mol. The molecule has 0 saturated heterocycles. The van der Waals surface area contributed by atoms with E-state index in [1.54, 1.807) is 0 Å². The number of rotatable bonds is 6. The van der Waals surface area contributed by atoms with Gasteiger partial charge in [-0.25, -0.2) is 0 Å². The van der Waals surface area contributed by atoms with Crippen LogP contribution in [-0.2, 0) is 6.42 Å². The second-order valence-electron chi connectivity index (χ2n) is 5.07. The first-order valence-electron chi connectivity index (χ1n) is 7.09. The Morgan fingerprint density at radius 2 is 1.95 bits per heavy atom. The minimum absolute atomic E-state index is 0.324. The third-order valence-corrected chi connectivity index (χ3v) is 3.98. The number of nitrogens with zero attached hydrogens (tertiary/aromatic N) is 1. The van der Waals surface area contributed by atoms with Gasteiger partial charge in [-0.1, -0.05) is 35.0 Å². The lowest BCUT2D eigenvalue weighted by atomic mass is 9.97. The molecular formula is C17H21BrN2. The highest BCUT2D eigenvalue weighted by Gasteiger charge is 2.13. The van der Waals surface area contributed by atoms with E-state index in [4.69, 9.17) is 0 Å². The monoisotopic (exact) mass is 332 g/mol. The quantitative estimate of drug-likeness (QED) is 0.846. The van der Waals surface area contributed by atoms with Crippen LogP contribution in [0.5, 0.6) is 0 Å². The second-order valence-corrected chi connectivity index (χ2v) is 5.99. The Hall–Kier alpha value is -1.19. The summed E-state index contributed by atoms with van der Waals surface area (Å²) in [6, 6.07) is 11.0. The number of benzene rings is 1. The molecule has 0 aliphatic heterocycles. The maximum Gasteiger partial charge on any atom is 0.0378 e. The van der Waals surface area contributed by atoms with E-state index in [2.05, 4.69) is 70.4 Å². The highest BCUT2D eigenvalue weighted by atomic mass is 79.9. The molecule has 1 N–H and O–H groups in total. The fraction of sp³-hybridized carbons (Fsp3) is 0.353. The molecule has 0 spiro atoms. The number of aromatic nitrogens is 1. The molecule has 0 aliphatic carbocycles. The van der Waals surface area contributed by atoms with Gasteiger partial charge < -0.3 is 5.32 Å². The molecule has 0 aliphatic rings. The van der Waals surface area contributed by atoms with Gasteiger partial charge in [-0.05, 0) is 61.2 Å². The largest absolute Gasteiger partial charge is 0.310 e. The van der Waals surface area contributed by atoms with Crippen LogP contribution in [0.2, 0.25) is 0 Å². The lowest BCUT2D eigenvalue weighted by Crippen LogP contribution is -2.25. The van der Waals surface area contributed by atoms with Crippen molar-refractivity contribution in [3.63, 3.8) is 0 Å². The average Bonchev–Trinajstić information content (AvgIpc) is 2.46. The Labute approximate surface area is 129 Å². The molecular weight excluding hydrogens is 312 g/mol. The molecule has 2 nitrogen and oxygen atoms in total. The summed E-state index contributed by atoms with van der Waals surface area (Å²) in [4.78, 5) is 4.28. The molecule has 2 rings (SSSR count). The van der Waals surface area contributed by atoms with Crippen LogP contribution in [-0.4, -0.2) is 11.5 Å². The van der Waals surface area contributed by atoms with E-state index in [0.717, 1.165) is 23.9 Å². The lowest BCUT2D eigenvalue weighted by Gasteiger charge is -2.20. The Bertz CT molecular complexity index is 537. The topological polar surface area (TPSA) is 24.9 Å². The Balaban J connectivity index is 2.19. The van der Waals surface area contributed by atoms with Crippen LogP contribution in [0.3, 0.4) is 0 Å². The van der Waals surface area contributed by atoms with Gasteiger partial charge in [-0.2, -0.15) is 0 Å². The third kappa shape index (κ3) is 4.15. The van der Waals surface area contributed by atoms with Gasteiger partial charge in [-0.15, -0.1) is 0 Å². The standard InChI is InChI=1S/C17H21BrN2/c1-3-9-20-17(16-12-19-10-8-13(16)2)11-14-4-6-15(18)7-5-14/h4-8,10,12,17,20H,3,9,11H2,1-2H3. The van der Waals surface area contributed by atoms with Gasteiger partial charge in [0, 0.05) is 22.9 Å². The number of halogens is 1. The molecule has 106 valence electrons. The molecule has 1 unspecified atom stereocenters. The van der Waals surface area contributed by atoms with E-state index in [1.165, 1.54) is 16.7 Å². The Morgan fingerprint density at radius 1 is 1.20 bits per heavy atom. The molecule has 2 aromatic rings. The van der Waals surface area contributed by atoms with Crippen molar-refractivity contribution in [2.45, 2.75) is 32.7 Å². The van der Waals surface area contributed by atoms with E-state index in [-0.39, 0.29) is 0 Å². The predicted octanol–water partition coefficient (Wildman–Crippen LogP) is 4.44. The summed E-state index contributed by atoms with van der Waals surface area (Å²) in [5.74, 6) is 0. The second kappa shape index (κ2) is 7.55. The SMILES string of the molecule is CCCNC(Cc1ccc(Br)cc1)c1cnccc1C. The summed E-state index contributed by atoms with van der Waals surface area (Å²) in [7, 11) is 0. The van der Waals surface area contributed by atoms with E-state index in [9.17, 15) is 0 Å². The van der Waals surface area contributed by atoms with Crippen molar-refractivity contribution in [1.29, 1.82) is 0 Å². The minimum Gasteiger partial charge on any atom is -0.310 e. The maximum absolute atomic E-state index is 4.28. The van der Waals surface area contributed by atoms with Gasteiger partial charge in [0.05, 0.1) is 0 Å². The van der Waals surface area contributed by atoms with Gasteiger partial charge >= 0.3 is 0 Å². The molecule has 3 heteroatoms. The highest BCUT2D eigenvalue weighted by molar-refractivity contribution is 9.10. The van der Waals surface area contributed by atoms with Crippen LogP contribution in [0.25, 0.3) is 0 Å². The summed E-state index contributed by atoms with van der Waals surface area (Å²) >= 11 is 3.48. The molecule has 1 aromatic carbocycles. The van der Waals surface area contributed by atoms with E-state index < -0.39 is 0 Å². The zero-order chi connectivity index (χ0) is 14.4. The number of aryl methyl sites for hydroxylation is 1. The van der Waals surface area contributed by atoms with Gasteiger partial charge in [0.2, 0.25) is 0 Å². The predicted molar refractivity (Wildman–Crippen MR) is 87.9 cm³/mol. The molecule has 0 bridgehead atoms. The first kappa shape index (κ1) is 15.2. The maximum atomic E-state index is 4.28. The number of hydrogen-bond donors (Lipinski definition) is 1. The third-order valence-electron chi connectivity index (χ3n) is 3.45. The summed E-state index contributed by atoms with van der Waals surface area (Å²) in [5.41, 5.74) is 3.93. The Kier molecular flexibility index (Phi) is 5.74. The van der Waals surface area contributed by atoms with Crippen LogP contribution in [0, 0.1) is 6.92 Å². The highest BCUT2D eigenvalue weighted by Crippen LogP contribution is 2.22. The van der Waals surface area contributed by atoms with E-state index in [1.807, 2.05) is 12.4 Å². The van der Waals surface area contributed by atoms with Gasteiger partial charge in [0.1, 0.15) is 0 Å². The van der Waals surface area contributed by atoms with Crippen LogP contribution in [0.4, 0.5) is 0 Å². The van der Waals surface area contributed by atoms with Gasteiger partial charge in [0.15, 0.2) is 0 Å². The van der Waals surface area contributed by atoms with Crippen molar-refractivity contribution in [1.82, 2.24) is 10.3 Å². The normalized spacial score (nSPS) is 12.3. The van der Waals surface area contributed by atoms with Crippen molar-refractivity contribution in [3.8, 4) is 0 Å². The van der Waals surface area contributed by atoms with E-state index >= 15 is 0 Å². The van der Waals surface area contributed by atoms with Crippen molar-refractivity contribution >= 4 is 15.9 Å². The van der Waals surface area contributed by atoms with Crippen LogP contribution in [0.15, 0.2) is 47.2 Å². The van der Waals surface area contributed by atoms with Crippen molar-refractivity contribution in [3.05, 3.63) is 63.9 Å². The van der Waals surface area contributed by atoms with E-state index in [0.29, 0.717) is 6.04 Å². The fourth-order valence-corrected chi connectivity index (χ4v) is 2.57. The lowest BCUT2D eigenvalue weighted by molar-refractivity contribution is 0.525. The zero-order valence-corrected chi connectivity index (χ0v) is 13.7. The van der Waals surface area contributed by atoms with Crippen molar-refractivity contribution in [2.75, 3.05) is 6.54 Å². The first-order valence-corrected chi connectivity index (χ1v) is 7.88. The first-order chi connectivity index (χ1) is 9.70. The zero-order valence-electron chi connectivity index (χ0n) is 12.1. The number of hydrogen-bond acceptors (Lipinski definition) is 2. The molecule has 1 atom stereocenters. The molecule has 0 saturated carbocycles. The minimum atomic E-state index is 0.324. The summed E-state index contributed by atoms with van der Waals surface area (Å²) in [6.07, 6.45) is 5.97. The van der Waals surface area contributed by atoms with Gasteiger partial charge in [0.25, 0.3) is 0 Å². The molecule has 0 radical (unpaired) electrons. The van der Waals surface area contributed by atoms with Crippen LogP contribution >= 0.6 is 15.9 Å². The summed E-state index contributed by atoms with van der Waals surface area (Å²) in [5, 5.41) is 3.64. The van der Waals surface area contributed by atoms with Crippen LogP contribution < -0.4 is 5.32 Å². The smallest absolute Gasteiger partial charge is 0.0378 e. The number of pyridine rings is 1. The van der Waals surface area contributed by atoms with Crippen LogP contribution in [0.1, 0.15) is 36.1 Å². The molecule has 0 fully saturated rings. The molecule has 20 heavy (non-hydrogen) atoms. The Morgan fingerprint density at radius 3 is 2.60 bits per heavy atom. The fourth-order valence-electron chi connectivity index (χ4n) is 2.31. The van der Waals surface area contributed by atoms with Crippen molar-refractivity contribution in [2.24, 2.45) is 0 Å². The summed E-state index contributed by atoms with van der Waals surface area (Å²) < 4.78 is 1.12. The van der Waals surface area contributed by atoms with Crippen molar-refractivity contribution < 1.29 is 0 Å². The number of nitrogens with one attached hydrogen (secondary N) is 1. The molecule has 1 aromatic heterocycles. The molecule has 1 heterocycles. The summed E-state index contributed by atoms with van der Waals surface area (Å²) in [6.45, 7) is 5.37. The molecule has 0 amide bonds. The van der Waals surface area contributed by atoms with Gasteiger partial charge in [-0.3, -0.25) is 4.98 Å².